The molecule has 0 radical (unpaired) electrons. The van der Waals surface area contributed by atoms with Crippen molar-refractivity contribution in [1.29, 1.82) is 5.41 Å². The molecular formula is C27H24F3N7O3. The molecule has 2 aliphatic heterocycles. The third-order valence-corrected chi connectivity index (χ3v) is 6.36. The van der Waals surface area contributed by atoms with E-state index in [0.717, 1.165) is 11.6 Å². The summed E-state index contributed by atoms with van der Waals surface area (Å²) in [5.74, 6) is -1.23. The predicted octanol–water partition coefficient (Wildman–Crippen LogP) is 3.41. The molecule has 0 unspecified atom stereocenters. The molecule has 13 heteroatoms. The van der Waals surface area contributed by atoms with E-state index in [1.165, 1.54) is 7.11 Å². The Balaban J connectivity index is 1.44. The number of fused-ring (bicyclic) bond motifs is 1. The summed E-state index contributed by atoms with van der Waals surface area (Å²) in [4.78, 5) is 27.0. The number of hydrogen-bond donors (Lipinski definition) is 3. The lowest BCUT2D eigenvalue weighted by atomic mass is 10.0. The average molecular weight is 552 g/mol. The number of hydrogen-bond acceptors (Lipinski definition) is 8. The lowest BCUT2D eigenvalue weighted by Crippen LogP contribution is -2.52. The second-order valence-electron chi connectivity index (χ2n) is 9.00. The van der Waals surface area contributed by atoms with Crippen LogP contribution in [-0.4, -0.2) is 61.0 Å². The molecular weight excluding hydrogens is 527 g/mol. The number of benzene rings is 2. The first-order valence-corrected chi connectivity index (χ1v) is 12.1. The first-order valence-electron chi connectivity index (χ1n) is 12.1. The van der Waals surface area contributed by atoms with Crippen molar-refractivity contribution in [3.8, 4) is 0 Å². The quantitative estimate of drug-likeness (QED) is 0.328. The number of carbonyl (C=O) groups is 1. The number of halogens is 3. The minimum Gasteiger partial charge on any atom is -0.405 e. The highest BCUT2D eigenvalue weighted by molar-refractivity contribution is 6.19. The van der Waals surface area contributed by atoms with Crippen LogP contribution in [0.3, 0.4) is 0 Å². The fourth-order valence-electron chi connectivity index (χ4n) is 4.27. The maximum absolute atomic E-state index is 13.4. The van der Waals surface area contributed by atoms with Gasteiger partial charge in [0.2, 0.25) is 12.1 Å². The second kappa shape index (κ2) is 10.8. The maximum atomic E-state index is 13.4. The average Bonchev–Trinajstić information content (AvgIpc) is 3.04. The van der Waals surface area contributed by atoms with E-state index >= 15 is 0 Å². The van der Waals surface area contributed by atoms with Gasteiger partial charge in [0.25, 0.3) is 11.9 Å². The van der Waals surface area contributed by atoms with E-state index in [2.05, 4.69) is 20.3 Å². The highest BCUT2D eigenvalue weighted by Crippen LogP contribution is 2.34. The van der Waals surface area contributed by atoms with E-state index in [1.807, 2.05) is 42.5 Å². The van der Waals surface area contributed by atoms with Crippen LogP contribution in [0.2, 0.25) is 0 Å². The second-order valence-corrected chi connectivity index (χ2v) is 9.00. The molecule has 0 saturated carbocycles. The van der Waals surface area contributed by atoms with Crippen LogP contribution in [-0.2, 0) is 20.4 Å². The Labute approximate surface area is 226 Å². The van der Waals surface area contributed by atoms with Crippen LogP contribution >= 0.6 is 0 Å². The summed E-state index contributed by atoms with van der Waals surface area (Å²) in [7, 11) is 1.50. The molecule has 2 aromatic carbocycles. The number of pyridine rings is 1. The lowest BCUT2D eigenvalue weighted by molar-refractivity contribution is -0.137. The molecule has 2 aliphatic rings. The number of alkyl halides is 3. The van der Waals surface area contributed by atoms with Gasteiger partial charge in [0.1, 0.15) is 5.69 Å². The number of carbonyl (C=O) groups excluding carboxylic acids is 1. The number of benzodiazepines with no additional fused rings is 1. The monoisotopic (exact) mass is 551 g/mol. The summed E-state index contributed by atoms with van der Waals surface area (Å²) in [6.45, 7) is 0.617. The first-order chi connectivity index (χ1) is 19.1. The predicted molar refractivity (Wildman–Crippen MR) is 143 cm³/mol. The first kappa shape index (κ1) is 26.8. The fraction of sp³-hybridized carbons (Fsp3) is 0.222. The van der Waals surface area contributed by atoms with Crippen LogP contribution in [0.25, 0.3) is 0 Å². The van der Waals surface area contributed by atoms with E-state index in [-0.39, 0.29) is 17.5 Å². The van der Waals surface area contributed by atoms with Gasteiger partial charge >= 0.3 is 6.18 Å². The van der Waals surface area contributed by atoms with Gasteiger partial charge in [-0.05, 0) is 12.1 Å². The summed E-state index contributed by atoms with van der Waals surface area (Å²) < 4.78 is 50.6. The molecule has 3 aromatic rings. The van der Waals surface area contributed by atoms with Crippen molar-refractivity contribution in [3.63, 3.8) is 0 Å². The molecule has 0 aliphatic carbocycles. The van der Waals surface area contributed by atoms with E-state index in [9.17, 15) is 18.0 Å². The molecule has 1 fully saturated rings. The Morgan fingerprint density at radius 3 is 2.55 bits per heavy atom. The lowest BCUT2D eigenvalue weighted by Gasteiger charge is -2.40. The number of anilines is 2. The maximum Gasteiger partial charge on any atom is 0.417 e. The van der Waals surface area contributed by atoms with E-state index < -0.39 is 35.7 Å². The number of aliphatic imine (C=N–C) groups is 2. The molecule has 0 bridgehead atoms. The van der Waals surface area contributed by atoms with Gasteiger partial charge in [-0.25, -0.2) is 9.98 Å². The number of amidine groups is 1. The topological polar surface area (TPSA) is 138 Å². The summed E-state index contributed by atoms with van der Waals surface area (Å²) >= 11 is 0. The van der Waals surface area contributed by atoms with Crippen molar-refractivity contribution in [2.75, 3.05) is 30.4 Å². The minimum absolute atomic E-state index is 0.0352. The third kappa shape index (κ3) is 5.50. The Bertz CT molecular complexity index is 1500. The van der Waals surface area contributed by atoms with Gasteiger partial charge in [-0.2, -0.15) is 18.2 Å². The number of nitrogens with two attached hydrogens (primary N) is 1. The van der Waals surface area contributed by atoms with Crippen LogP contribution in [0, 0.1) is 5.41 Å². The van der Waals surface area contributed by atoms with Gasteiger partial charge in [0, 0.05) is 37.5 Å². The normalized spacial score (nSPS) is 17.8. The van der Waals surface area contributed by atoms with Crippen molar-refractivity contribution < 1.29 is 27.4 Å². The Morgan fingerprint density at radius 2 is 1.85 bits per heavy atom. The summed E-state index contributed by atoms with van der Waals surface area (Å²) in [5.41, 5.74) is 7.28. The minimum atomic E-state index is -4.63. The molecule has 40 heavy (non-hydrogen) atoms. The van der Waals surface area contributed by atoms with Gasteiger partial charge in [0.15, 0.2) is 0 Å². The Kier molecular flexibility index (Phi) is 7.22. The largest absolute Gasteiger partial charge is 0.417 e. The Hall–Kier alpha value is -4.78. The fourth-order valence-corrected chi connectivity index (χ4v) is 4.27. The molecule has 0 spiro atoms. The molecule has 1 amide bonds. The zero-order valence-electron chi connectivity index (χ0n) is 21.1. The van der Waals surface area contributed by atoms with Crippen molar-refractivity contribution in [1.82, 2.24) is 4.98 Å². The third-order valence-electron chi connectivity index (χ3n) is 6.36. The molecule has 1 aromatic heterocycles. The molecule has 206 valence electrons. The molecule has 1 saturated heterocycles. The Morgan fingerprint density at radius 1 is 1.15 bits per heavy atom. The van der Waals surface area contributed by atoms with E-state index in [1.54, 1.807) is 17.0 Å². The number of aromatic nitrogens is 1. The van der Waals surface area contributed by atoms with Crippen LogP contribution in [0.1, 0.15) is 22.4 Å². The van der Waals surface area contributed by atoms with Crippen LogP contribution in [0.4, 0.5) is 24.5 Å². The van der Waals surface area contributed by atoms with Crippen molar-refractivity contribution >= 4 is 34.9 Å². The van der Waals surface area contributed by atoms with Gasteiger partial charge in [-0.1, -0.05) is 48.5 Å². The number of nitrogens with zero attached hydrogens (tertiary/aromatic N) is 4. The van der Waals surface area contributed by atoms with Crippen LogP contribution in [0.5, 0.6) is 0 Å². The smallest absolute Gasteiger partial charge is 0.405 e. The van der Waals surface area contributed by atoms with Gasteiger partial charge < -0.3 is 25.4 Å². The van der Waals surface area contributed by atoms with Crippen molar-refractivity contribution in [2.45, 2.75) is 18.4 Å². The van der Waals surface area contributed by atoms with Crippen LogP contribution in [0.15, 0.2) is 76.8 Å². The number of ether oxygens (including phenoxy) is 2. The van der Waals surface area contributed by atoms with Gasteiger partial charge in [0.05, 0.1) is 28.8 Å². The molecule has 5 rings (SSSR count). The molecule has 1 atom stereocenters. The summed E-state index contributed by atoms with van der Waals surface area (Å²) in [5, 5.41) is 11.2. The number of nitrogens with one attached hydrogen (secondary N) is 2. The van der Waals surface area contributed by atoms with E-state index in [4.69, 9.17) is 20.6 Å². The highest BCUT2D eigenvalue weighted by atomic mass is 19.4. The van der Waals surface area contributed by atoms with Crippen LogP contribution < -0.4 is 16.0 Å². The van der Waals surface area contributed by atoms with Crippen molar-refractivity contribution in [2.24, 2.45) is 15.7 Å². The SMILES string of the molecule is COC1CN(c2cc(C(F)(F)F)cnc2C(=N)OC(N)=N[C@H]2N=C(c3ccccc3)c3ccccc3NC2=O)C1. The van der Waals surface area contributed by atoms with Crippen molar-refractivity contribution in [3.05, 3.63) is 89.2 Å². The molecule has 10 nitrogen and oxygen atoms in total. The van der Waals surface area contributed by atoms with Gasteiger partial charge in [-0.3, -0.25) is 10.2 Å². The number of para-hydroxylation sites is 1. The molecule has 4 N–H and O–H groups in total. The zero-order chi connectivity index (χ0) is 28.4. The zero-order valence-corrected chi connectivity index (χ0v) is 21.1. The number of methoxy groups -OCH3 is 1. The molecule has 3 heterocycles. The number of amides is 1. The highest BCUT2D eigenvalue weighted by Gasteiger charge is 2.36. The summed E-state index contributed by atoms with van der Waals surface area (Å²) in [6, 6.07) is 16.6. The standard InChI is InChI=1S/C27H24F3N7O3/c1-39-17-13-37(14-17)20-11-16(27(28,29)30)12-33-22(20)23(31)40-26(32)36-24-25(38)34-19-10-6-5-9-18(19)21(35-24)15-7-3-2-4-8-15/h2-12,17,24,31H,13-14H2,1H3,(H2,32,36)(H,34,38)/t24-/m1/s1. The van der Waals surface area contributed by atoms with Gasteiger partial charge in [-0.15, -0.1) is 0 Å². The number of rotatable bonds is 5. The van der Waals surface area contributed by atoms with E-state index in [0.29, 0.717) is 36.2 Å². The summed E-state index contributed by atoms with van der Waals surface area (Å²) in [6.07, 6.45) is -5.55.